The van der Waals surface area contributed by atoms with Crippen molar-refractivity contribution < 1.29 is 4.79 Å². The topological polar surface area (TPSA) is 77.0 Å². The summed E-state index contributed by atoms with van der Waals surface area (Å²) in [7, 11) is 0. The van der Waals surface area contributed by atoms with E-state index in [2.05, 4.69) is 16.0 Å². The second-order valence-electron chi connectivity index (χ2n) is 4.72. The van der Waals surface area contributed by atoms with Gasteiger partial charge in [-0.05, 0) is 50.0 Å². The lowest BCUT2D eigenvalue weighted by atomic mass is 9.98. The largest absolute Gasteiger partial charge is 0.338 e. The van der Waals surface area contributed by atoms with E-state index in [-0.39, 0.29) is 6.03 Å². The Hall–Kier alpha value is -2.06. The minimum absolute atomic E-state index is 0.214. The maximum absolute atomic E-state index is 11.7. The van der Waals surface area contributed by atoms with Gasteiger partial charge in [-0.3, -0.25) is 0 Å². The molecule has 0 aliphatic carbocycles. The molecule has 1 aromatic rings. The lowest BCUT2D eigenvalue weighted by molar-refractivity contribution is 0.248. The highest BCUT2D eigenvalue weighted by Crippen LogP contribution is 2.11. The number of hydrogen-bond acceptors (Lipinski definition) is 3. The zero-order valence-corrected chi connectivity index (χ0v) is 10.8. The SMILES string of the molecule is N#Cc1cccc(NC(=O)NCC2CCNCC2)c1. The summed E-state index contributed by atoms with van der Waals surface area (Å²) < 4.78 is 0. The number of carbonyl (C=O) groups excluding carboxylic acids is 1. The van der Waals surface area contributed by atoms with E-state index in [4.69, 9.17) is 5.26 Å². The molecule has 1 saturated heterocycles. The molecule has 0 spiro atoms. The van der Waals surface area contributed by atoms with Crippen molar-refractivity contribution >= 4 is 11.7 Å². The summed E-state index contributed by atoms with van der Waals surface area (Å²) in [5, 5.41) is 17.7. The molecule has 0 unspecified atom stereocenters. The average Bonchev–Trinajstić information content (AvgIpc) is 2.46. The molecular weight excluding hydrogens is 240 g/mol. The second-order valence-corrected chi connectivity index (χ2v) is 4.72. The number of nitrogens with zero attached hydrogens (tertiary/aromatic N) is 1. The standard InChI is InChI=1S/C14H18N4O/c15-9-12-2-1-3-13(8-12)18-14(19)17-10-11-4-6-16-7-5-11/h1-3,8,11,16H,4-7,10H2,(H2,17,18,19). The van der Waals surface area contributed by atoms with E-state index in [1.807, 2.05) is 6.07 Å². The maximum atomic E-state index is 11.7. The van der Waals surface area contributed by atoms with Crippen molar-refractivity contribution in [2.24, 2.45) is 5.92 Å². The Bertz CT molecular complexity index is 475. The molecule has 1 aliphatic heterocycles. The van der Waals surface area contributed by atoms with Crippen LogP contribution < -0.4 is 16.0 Å². The van der Waals surface area contributed by atoms with Gasteiger partial charge >= 0.3 is 6.03 Å². The highest BCUT2D eigenvalue weighted by molar-refractivity contribution is 5.89. The molecule has 0 bridgehead atoms. The van der Waals surface area contributed by atoms with Crippen LogP contribution in [0.3, 0.4) is 0 Å². The molecule has 1 aliphatic rings. The van der Waals surface area contributed by atoms with Crippen molar-refractivity contribution in [2.45, 2.75) is 12.8 Å². The number of hydrogen-bond donors (Lipinski definition) is 3. The Labute approximate surface area is 113 Å². The molecule has 3 N–H and O–H groups in total. The van der Waals surface area contributed by atoms with Gasteiger partial charge in [0.05, 0.1) is 11.6 Å². The first-order chi connectivity index (χ1) is 9.28. The Morgan fingerprint density at radius 3 is 2.95 bits per heavy atom. The molecular formula is C14H18N4O. The highest BCUT2D eigenvalue weighted by Gasteiger charge is 2.13. The highest BCUT2D eigenvalue weighted by atomic mass is 16.2. The van der Waals surface area contributed by atoms with Crippen LogP contribution in [-0.4, -0.2) is 25.7 Å². The Morgan fingerprint density at radius 1 is 1.42 bits per heavy atom. The first-order valence-electron chi connectivity index (χ1n) is 6.53. The van der Waals surface area contributed by atoms with E-state index < -0.39 is 0 Å². The van der Waals surface area contributed by atoms with Crippen molar-refractivity contribution in [1.82, 2.24) is 10.6 Å². The van der Waals surface area contributed by atoms with E-state index >= 15 is 0 Å². The Balaban J connectivity index is 1.78. The molecule has 1 fully saturated rings. The van der Waals surface area contributed by atoms with Crippen LogP contribution in [0.5, 0.6) is 0 Å². The second kappa shape index (κ2) is 6.76. The molecule has 1 aromatic carbocycles. The van der Waals surface area contributed by atoms with Gasteiger partial charge in [0.15, 0.2) is 0 Å². The molecule has 0 atom stereocenters. The summed E-state index contributed by atoms with van der Waals surface area (Å²) in [4.78, 5) is 11.7. The number of rotatable bonds is 3. The van der Waals surface area contributed by atoms with E-state index in [0.717, 1.165) is 25.9 Å². The molecule has 100 valence electrons. The number of carbonyl (C=O) groups is 1. The molecule has 0 saturated carbocycles. The number of nitriles is 1. The monoisotopic (exact) mass is 258 g/mol. The smallest absolute Gasteiger partial charge is 0.319 e. The fourth-order valence-electron chi connectivity index (χ4n) is 2.16. The molecule has 0 radical (unpaired) electrons. The molecule has 1 heterocycles. The van der Waals surface area contributed by atoms with Crippen LogP contribution in [0.4, 0.5) is 10.5 Å². The van der Waals surface area contributed by atoms with Crippen LogP contribution in [0, 0.1) is 17.2 Å². The third kappa shape index (κ3) is 4.27. The lowest BCUT2D eigenvalue weighted by Crippen LogP contribution is -2.37. The van der Waals surface area contributed by atoms with E-state index in [1.165, 1.54) is 0 Å². The van der Waals surface area contributed by atoms with Gasteiger partial charge in [0, 0.05) is 12.2 Å². The van der Waals surface area contributed by atoms with Crippen LogP contribution in [0.1, 0.15) is 18.4 Å². The first-order valence-corrected chi connectivity index (χ1v) is 6.53. The molecule has 2 rings (SSSR count). The quantitative estimate of drug-likeness (QED) is 0.772. The van der Waals surface area contributed by atoms with Gasteiger partial charge in [-0.2, -0.15) is 5.26 Å². The van der Waals surface area contributed by atoms with Crippen LogP contribution in [0.25, 0.3) is 0 Å². The first kappa shape index (κ1) is 13.4. The van der Waals surface area contributed by atoms with Gasteiger partial charge in [-0.15, -0.1) is 0 Å². The number of urea groups is 1. The zero-order valence-electron chi connectivity index (χ0n) is 10.8. The Kier molecular flexibility index (Phi) is 4.76. The van der Waals surface area contributed by atoms with E-state index in [1.54, 1.807) is 24.3 Å². The van der Waals surface area contributed by atoms with Crippen LogP contribution in [0.2, 0.25) is 0 Å². The molecule has 5 nitrogen and oxygen atoms in total. The molecule has 19 heavy (non-hydrogen) atoms. The van der Waals surface area contributed by atoms with Gasteiger partial charge in [-0.25, -0.2) is 4.79 Å². The van der Waals surface area contributed by atoms with Crippen molar-refractivity contribution in [3.63, 3.8) is 0 Å². The van der Waals surface area contributed by atoms with Crippen molar-refractivity contribution in [2.75, 3.05) is 25.0 Å². The lowest BCUT2D eigenvalue weighted by Gasteiger charge is -2.22. The summed E-state index contributed by atoms with van der Waals surface area (Å²) in [5.41, 5.74) is 1.18. The van der Waals surface area contributed by atoms with Crippen LogP contribution in [-0.2, 0) is 0 Å². The van der Waals surface area contributed by atoms with Crippen molar-refractivity contribution in [3.05, 3.63) is 29.8 Å². The Morgan fingerprint density at radius 2 is 2.21 bits per heavy atom. The number of anilines is 1. The van der Waals surface area contributed by atoms with E-state index in [9.17, 15) is 4.79 Å². The van der Waals surface area contributed by atoms with Gasteiger partial charge in [0.2, 0.25) is 0 Å². The maximum Gasteiger partial charge on any atom is 0.319 e. The minimum Gasteiger partial charge on any atom is -0.338 e. The molecule has 5 heteroatoms. The minimum atomic E-state index is -0.214. The summed E-state index contributed by atoms with van der Waals surface area (Å²) in [5.74, 6) is 0.553. The van der Waals surface area contributed by atoms with Gasteiger partial charge in [-0.1, -0.05) is 6.07 Å². The predicted octanol–water partition coefficient (Wildman–Crippen LogP) is 1.68. The zero-order chi connectivity index (χ0) is 13.5. The van der Waals surface area contributed by atoms with Crippen LogP contribution in [0.15, 0.2) is 24.3 Å². The van der Waals surface area contributed by atoms with Crippen molar-refractivity contribution in [3.8, 4) is 6.07 Å². The number of amides is 2. The third-order valence-corrected chi connectivity index (χ3v) is 3.26. The summed E-state index contributed by atoms with van der Waals surface area (Å²) in [6.07, 6.45) is 2.20. The van der Waals surface area contributed by atoms with Gasteiger partial charge in [0.25, 0.3) is 0 Å². The van der Waals surface area contributed by atoms with Gasteiger partial charge < -0.3 is 16.0 Å². The molecule has 2 amide bonds. The van der Waals surface area contributed by atoms with E-state index in [0.29, 0.717) is 23.7 Å². The third-order valence-electron chi connectivity index (χ3n) is 3.26. The average molecular weight is 258 g/mol. The number of benzene rings is 1. The summed E-state index contributed by atoms with van der Waals surface area (Å²) in [6.45, 7) is 2.75. The predicted molar refractivity (Wildman–Crippen MR) is 73.8 cm³/mol. The van der Waals surface area contributed by atoms with Gasteiger partial charge in [0.1, 0.15) is 0 Å². The number of piperidine rings is 1. The summed E-state index contributed by atoms with van der Waals surface area (Å²) >= 11 is 0. The van der Waals surface area contributed by atoms with Crippen molar-refractivity contribution in [1.29, 1.82) is 5.26 Å². The fraction of sp³-hybridized carbons (Fsp3) is 0.429. The van der Waals surface area contributed by atoms with Crippen LogP contribution >= 0.6 is 0 Å². The molecule has 0 aromatic heterocycles. The number of nitrogens with one attached hydrogen (secondary N) is 3. The fourth-order valence-corrected chi connectivity index (χ4v) is 2.16. The summed E-state index contributed by atoms with van der Waals surface area (Å²) in [6, 6.07) is 8.71. The normalized spacial score (nSPS) is 15.5.